The average molecular weight is 282 g/mol. The molecule has 0 saturated carbocycles. The molecule has 0 atom stereocenters. The summed E-state index contributed by atoms with van der Waals surface area (Å²) in [6.45, 7) is 2.65. The molecule has 0 saturated heterocycles. The Bertz CT molecular complexity index is 565. The number of hydrogen-bond donors (Lipinski definition) is 2. The largest absolute Gasteiger partial charge is 0.394 e. The molecule has 0 bridgehead atoms. The third kappa shape index (κ3) is 2.47. The van der Waals surface area contributed by atoms with E-state index in [1.54, 1.807) is 24.3 Å². The lowest BCUT2D eigenvalue weighted by atomic mass is 10.1. The Kier molecular flexibility index (Phi) is 3.84. The van der Waals surface area contributed by atoms with Crippen molar-refractivity contribution < 1.29 is 4.79 Å². The summed E-state index contributed by atoms with van der Waals surface area (Å²) < 4.78 is 4.13. The third-order valence-electron chi connectivity index (χ3n) is 2.38. The first-order valence-corrected chi connectivity index (χ1v) is 6.58. The molecule has 2 aromatic rings. The van der Waals surface area contributed by atoms with Gasteiger partial charge in [-0.05, 0) is 42.7 Å². The van der Waals surface area contributed by atoms with Gasteiger partial charge < -0.3 is 11.1 Å². The van der Waals surface area contributed by atoms with Crippen LogP contribution in [0, 0.1) is 0 Å². The van der Waals surface area contributed by atoms with E-state index in [1.165, 1.54) is 0 Å². The molecule has 6 heteroatoms. The first-order chi connectivity index (χ1) is 8.63. The van der Waals surface area contributed by atoms with Crippen molar-refractivity contribution >= 4 is 40.4 Å². The van der Waals surface area contributed by atoms with Crippen LogP contribution in [0.1, 0.15) is 22.2 Å². The molecule has 0 radical (unpaired) electrons. The predicted molar refractivity (Wildman–Crippen MR) is 75.6 cm³/mol. The lowest BCUT2D eigenvalue weighted by molar-refractivity contribution is 0.104. The molecule has 3 N–H and O–H groups in total. The maximum absolute atomic E-state index is 12.2. The highest BCUT2D eigenvalue weighted by Crippen LogP contribution is 2.28. The van der Waals surface area contributed by atoms with Gasteiger partial charge in [-0.2, -0.15) is 4.37 Å². The monoisotopic (exact) mass is 281 g/mol. The van der Waals surface area contributed by atoms with E-state index >= 15 is 0 Å². The average Bonchev–Trinajstić information content (AvgIpc) is 2.72. The zero-order chi connectivity index (χ0) is 13.1. The van der Waals surface area contributed by atoms with Crippen LogP contribution < -0.4 is 11.1 Å². The summed E-state index contributed by atoms with van der Waals surface area (Å²) in [5, 5.41) is 3.61. The summed E-state index contributed by atoms with van der Waals surface area (Å²) in [6, 6.07) is 6.71. The maximum Gasteiger partial charge on any atom is 0.206 e. The summed E-state index contributed by atoms with van der Waals surface area (Å²) in [7, 11) is 0. The molecule has 1 aromatic carbocycles. The van der Waals surface area contributed by atoms with Crippen molar-refractivity contribution in [3.8, 4) is 0 Å². The Morgan fingerprint density at radius 1 is 1.44 bits per heavy atom. The number of carbonyl (C=O) groups excluding carboxylic acids is 1. The molecule has 0 unspecified atom stereocenters. The molecule has 94 valence electrons. The Morgan fingerprint density at radius 3 is 2.72 bits per heavy atom. The van der Waals surface area contributed by atoms with Gasteiger partial charge in [-0.15, -0.1) is 0 Å². The van der Waals surface area contributed by atoms with E-state index in [9.17, 15) is 4.79 Å². The van der Waals surface area contributed by atoms with Gasteiger partial charge in [0.2, 0.25) is 5.78 Å². The van der Waals surface area contributed by atoms with E-state index in [4.69, 9.17) is 17.3 Å². The minimum absolute atomic E-state index is 0.134. The van der Waals surface area contributed by atoms with E-state index in [0.717, 1.165) is 11.5 Å². The van der Waals surface area contributed by atoms with Gasteiger partial charge in [-0.1, -0.05) is 11.6 Å². The lowest BCUT2D eigenvalue weighted by Gasteiger charge is -2.01. The first kappa shape index (κ1) is 12.9. The molecular formula is C12H12ClN3OS. The number of aromatic nitrogens is 1. The summed E-state index contributed by atoms with van der Waals surface area (Å²) >= 11 is 6.89. The van der Waals surface area contributed by atoms with Crippen LogP contribution in [-0.2, 0) is 0 Å². The smallest absolute Gasteiger partial charge is 0.206 e. The van der Waals surface area contributed by atoms with E-state index < -0.39 is 0 Å². The Labute approximate surface area is 114 Å². The lowest BCUT2D eigenvalue weighted by Crippen LogP contribution is -2.04. The minimum Gasteiger partial charge on any atom is -0.394 e. The van der Waals surface area contributed by atoms with Crippen LogP contribution in [0.2, 0.25) is 5.02 Å². The predicted octanol–water partition coefficient (Wildman–Crippen LogP) is 3.04. The van der Waals surface area contributed by atoms with Crippen LogP contribution in [0.15, 0.2) is 24.3 Å². The van der Waals surface area contributed by atoms with Crippen molar-refractivity contribution in [3.63, 3.8) is 0 Å². The number of ketones is 1. The normalized spacial score (nSPS) is 10.3. The molecule has 0 fully saturated rings. The second-order valence-corrected chi connectivity index (χ2v) is 4.85. The quantitative estimate of drug-likeness (QED) is 0.845. The summed E-state index contributed by atoms with van der Waals surface area (Å²) in [4.78, 5) is 12.7. The van der Waals surface area contributed by atoms with Crippen LogP contribution in [0.5, 0.6) is 0 Å². The molecule has 0 spiro atoms. The zero-order valence-electron chi connectivity index (χ0n) is 9.74. The van der Waals surface area contributed by atoms with Gasteiger partial charge in [0, 0.05) is 17.1 Å². The fourth-order valence-electron chi connectivity index (χ4n) is 1.49. The number of nitrogens with two attached hydrogens (primary N) is 1. The number of carbonyl (C=O) groups is 1. The maximum atomic E-state index is 12.2. The van der Waals surface area contributed by atoms with Gasteiger partial charge in [0.05, 0.1) is 5.69 Å². The molecule has 18 heavy (non-hydrogen) atoms. The second-order valence-electron chi connectivity index (χ2n) is 3.64. The van der Waals surface area contributed by atoms with Gasteiger partial charge in [-0.3, -0.25) is 4.79 Å². The molecule has 1 aromatic heterocycles. The molecule has 1 heterocycles. The molecule has 0 aliphatic rings. The van der Waals surface area contributed by atoms with E-state index in [1.807, 2.05) is 6.92 Å². The van der Waals surface area contributed by atoms with Crippen LogP contribution in [0.4, 0.5) is 11.5 Å². The molecule has 0 amide bonds. The fraction of sp³-hybridized carbons (Fsp3) is 0.167. The summed E-state index contributed by atoms with van der Waals surface area (Å²) in [5.74, 6) is 0.436. The van der Waals surface area contributed by atoms with Crippen LogP contribution in [-0.4, -0.2) is 16.7 Å². The number of nitrogens with zero attached hydrogens (tertiary/aromatic N) is 1. The fourth-order valence-corrected chi connectivity index (χ4v) is 2.36. The van der Waals surface area contributed by atoms with Gasteiger partial charge in [0.25, 0.3) is 0 Å². The van der Waals surface area contributed by atoms with Crippen LogP contribution in [0.3, 0.4) is 0 Å². The number of halogens is 1. The highest BCUT2D eigenvalue weighted by atomic mass is 35.5. The number of nitrogen functional groups attached to an aromatic ring is 1. The molecule has 4 nitrogen and oxygen atoms in total. The van der Waals surface area contributed by atoms with Crippen molar-refractivity contribution in [3.05, 3.63) is 39.7 Å². The summed E-state index contributed by atoms with van der Waals surface area (Å²) in [5.41, 5.74) is 6.85. The highest BCUT2D eigenvalue weighted by Gasteiger charge is 2.18. The van der Waals surface area contributed by atoms with E-state index in [0.29, 0.717) is 33.5 Å². The van der Waals surface area contributed by atoms with Crippen molar-refractivity contribution in [1.29, 1.82) is 0 Å². The molecular weight excluding hydrogens is 270 g/mol. The van der Waals surface area contributed by atoms with Crippen LogP contribution in [0.25, 0.3) is 0 Å². The Morgan fingerprint density at radius 2 is 2.11 bits per heavy atom. The number of benzene rings is 1. The highest BCUT2D eigenvalue weighted by molar-refractivity contribution is 7.09. The second kappa shape index (κ2) is 5.37. The summed E-state index contributed by atoms with van der Waals surface area (Å²) in [6.07, 6.45) is 0. The van der Waals surface area contributed by atoms with E-state index in [-0.39, 0.29) is 5.78 Å². The Hall–Kier alpha value is -1.59. The number of rotatable bonds is 4. The van der Waals surface area contributed by atoms with Crippen molar-refractivity contribution in [1.82, 2.24) is 4.37 Å². The van der Waals surface area contributed by atoms with Gasteiger partial charge in [0.15, 0.2) is 5.82 Å². The molecule has 0 aliphatic heterocycles. The van der Waals surface area contributed by atoms with Gasteiger partial charge in [0.1, 0.15) is 4.88 Å². The molecule has 0 aliphatic carbocycles. The van der Waals surface area contributed by atoms with Gasteiger partial charge >= 0.3 is 0 Å². The standard InChI is InChI=1S/C12H12ClN3OS/c1-2-15-12-9(14)11(18-16-12)10(17)7-3-5-8(13)6-4-7/h3-6H,2,14H2,1H3,(H,15,16). The topological polar surface area (TPSA) is 68.0 Å². The Balaban J connectivity index is 2.31. The van der Waals surface area contributed by atoms with Crippen LogP contribution >= 0.6 is 23.1 Å². The van der Waals surface area contributed by atoms with E-state index in [2.05, 4.69) is 9.69 Å². The van der Waals surface area contributed by atoms with Crippen molar-refractivity contribution in [2.45, 2.75) is 6.92 Å². The number of anilines is 2. The zero-order valence-corrected chi connectivity index (χ0v) is 11.3. The third-order valence-corrected chi connectivity index (χ3v) is 3.50. The van der Waals surface area contributed by atoms with Gasteiger partial charge in [-0.25, -0.2) is 0 Å². The first-order valence-electron chi connectivity index (χ1n) is 5.42. The number of hydrogen-bond acceptors (Lipinski definition) is 5. The van der Waals surface area contributed by atoms with Crippen molar-refractivity contribution in [2.24, 2.45) is 0 Å². The SMILES string of the molecule is CCNc1nsc(C(=O)c2ccc(Cl)cc2)c1N. The minimum atomic E-state index is -0.134. The molecule has 2 rings (SSSR count). The van der Waals surface area contributed by atoms with Crippen molar-refractivity contribution in [2.75, 3.05) is 17.6 Å². The number of nitrogens with one attached hydrogen (secondary N) is 1.